The molecule has 1 atom stereocenters. The Balaban J connectivity index is 2.10. The van der Waals surface area contributed by atoms with Crippen LogP contribution in [0.15, 0.2) is 5.16 Å². The Hall–Kier alpha value is -0.570. The SMILES string of the molecule is CCCCCC1=NOC(CO)C1. The number of oxime groups is 1. The lowest BCUT2D eigenvalue weighted by atomic mass is 10.1. The fourth-order valence-electron chi connectivity index (χ4n) is 1.31. The molecule has 3 nitrogen and oxygen atoms in total. The van der Waals surface area contributed by atoms with Crippen LogP contribution in [0.1, 0.15) is 39.0 Å². The number of hydrogen-bond donors (Lipinski definition) is 1. The quantitative estimate of drug-likeness (QED) is 0.640. The molecular formula is C9H17NO2. The number of aliphatic hydroxyl groups is 1. The highest BCUT2D eigenvalue weighted by molar-refractivity contribution is 5.85. The van der Waals surface area contributed by atoms with E-state index in [1.54, 1.807) is 0 Å². The van der Waals surface area contributed by atoms with Gasteiger partial charge in [0.2, 0.25) is 0 Å². The number of rotatable bonds is 5. The zero-order chi connectivity index (χ0) is 8.81. The smallest absolute Gasteiger partial charge is 0.155 e. The van der Waals surface area contributed by atoms with Gasteiger partial charge in [0.15, 0.2) is 6.10 Å². The Kier molecular flexibility index (Phi) is 4.08. The van der Waals surface area contributed by atoms with Gasteiger partial charge in [-0.25, -0.2) is 0 Å². The van der Waals surface area contributed by atoms with Gasteiger partial charge in [-0.2, -0.15) is 0 Å². The van der Waals surface area contributed by atoms with E-state index in [-0.39, 0.29) is 12.7 Å². The maximum absolute atomic E-state index is 8.76. The maximum Gasteiger partial charge on any atom is 0.155 e. The highest BCUT2D eigenvalue weighted by atomic mass is 16.6. The van der Waals surface area contributed by atoms with Crippen LogP contribution in [0.2, 0.25) is 0 Å². The van der Waals surface area contributed by atoms with Crippen molar-refractivity contribution in [3.8, 4) is 0 Å². The minimum atomic E-state index is -0.0679. The van der Waals surface area contributed by atoms with Gasteiger partial charge in [-0.15, -0.1) is 0 Å². The van der Waals surface area contributed by atoms with Crippen LogP contribution in [0.5, 0.6) is 0 Å². The molecule has 0 saturated carbocycles. The molecule has 12 heavy (non-hydrogen) atoms. The van der Waals surface area contributed by atoms with Gasteiger partial charge in [0.05, 0.1) is 12.3 Å². The molecule has 0 fully saturated rings. The summed E-state index contributed by atoms with van der Waals surface area (Å²) in [6.45, 7) is 2.27. The fourth-order valence-corrected chi connectivity index (χ4v) is 1.31. The van der Waals surface area contributed by atoms with Crippen LogP contribution in [0, 0.1) is 0 Å². The highest BCUT2D eigenvalue weighted by Crippen LogP contribution is 2.14. The van der Waals surface area contributed by atoms with Crippen LogP contribution < -0.4 is 0 Å². The van der Waals surface area contributed by atoms with E-state index in [4.69, 9.17) is 9.94 Å². The van der Waals surface area contributed by atoms with Crippen LogP contribution in [0.25, 0.3) is 0 Å². The zero-order valence-electron chi connectivity index (χ0n) is 7.62. The Bertz CT molecular complexity index is 157. The van der Waals surface area contributed by atoms with Gasteiger partial charge < -0.3 is 9.94 Å². The van der Waals surface area contributed by atoms with E-state index < -0.39 is 0 Å². The van der Waals surface area contributed by atoms with E-state index in [0.717, 1.165) is 18.6 Å². The van der Waals surface area contributed by atoms with Gasteiger partial charge in [0.1, 0.15) is 0 Å². The fraction of sp³-hybridized carbons (Fsp3) is 0.889. The topological polar surface area (TPSA) is 41.8 Å². The number of unbranched alkanes of at least 4 members (excludes halogenated alkanes) is 2. The van der Waals surface area contributed by atoms with Crippen molar-refractivity contribution in [3.63, 3.8) is 0 Å². The summed E-state index contributed by atoms with van der Waals surface area (Å²) >= 11 is 0. The molecule has 0 aliphatic carbocycles. The number of hydrogen-bond acceptors (Lipinski definition) is 3. The summed E-state index contributed by atoms with van der Waals surface area (Å²) in [4.78, 5) is 4.98. The molecule has 0 spiro atoms. The van der Waals surface area contributed by atoms with Crippen LogP contribution in [0.3, 0.4) is 0 Å². The van der Waals surface area contributed by atoms with Gasteiger partial charge in [0, 0.05) is 6.42 Å². The van der Waals surface area contributed by atoms with Crippen molar-refractivity contribution in [1.82, 2.24) is 0 Å². The average Bonchev–Trinajstić information content (AvgIpc) is 2.53. The Morgan fingerprint density at radius 3 is 3.00 bits per heavy atom. The van der Waals surface area contributed by atoms with E-state index in [2.05, 4.69) is 12.1 Å². The van der Waals surface area contributed by atoms with Crippen LogP contribution in [0.4, 0.5) is 0 Å². The maximum atomic E-state index is 8.76. The minimum absolute atomic E-state index is 0.0679. The molecule has 0 bridgehead atoms. The predicted octanol–water partition coefficient (Wildman–Crippen LogP) is 1.70. The van der Waals surface area contributed by atoms with Crippen molar-refractivity contribution in [3.05, 3.63) is 0 Å². The predicted molar refractivity (Wildman–Crippen MR) is 48.2 cm³/mol. The third-order valence-corrected chi connectivity index (χ3v) is 2.07. The molecule has 1 aliphatic rings. The largest absolute Gasteiger partial charge is 0.392 e. The normalized spacial score (nSPS) is 22.2. The molecule has 1 rings (SSSR count). The van der Waals surface area contributed by atoms with Crippen molar-refractivity contribution in [2.75, 3.05) is 6.61 Å². The molecule has 1 aliphatic heterocycles. The van der Waals surface area contributed by atoms with Crippen molar-refractivity contribution < 1.29 is 9.94 Å². The van der Waals surface area contributed by atoms with Gasteiger partial charge in [-0.05, 0) is 12.8 Å². The second-order valence-electron chi connectivity index (χ2n) is 3.23. The molecule has 1 heterocycles. The van der Waals surface area contributed by atoms with Crippen molar-refractivity contribution in [2.24, 2.45) is 5.16 Å². The molecule has 0 aromatic carbocycles. The summed E-state index contributed by atoms with van der Waals surface area (Å²) in [5.41, 5.74) is 1.11. The summed E-state index contributed by atoms with van der Waals surface area (Å²) < 4.78 is 0. The lowest BCUT2D eigenvalue weighted by molar-refractivity contribution is 0.0390. The first kappa shape index (κ1) is 9.52. The third kappa shape index (κ3) is 2.81. The molecule has 0 saturated heterocycles. The van der Waals surface area contributed by atoms with E-state index >= 15 is 0 Å². The standard InChI is InChI=1S/C9H17NO2/c1-2-3-4-5-8-6-9(7-11)12-10-8/h9,11H,2-7H2,1H3. The number of aliphatic hydroxyl groups excluding tert-OH is 1. The van der Waals surface area contributed by atoms with E-state index in [0.29, 0.717) is 0 Å². The minimum Gasteiger partial charge on any atom is -0.392 e. The van der Waals surface area contributed by atoms with Gasteiger partial charge in [-0.3, -0.25) is 0 Å². The molecule has 0 amide bonds. The zero-order valence-corrected chi connectivity index (χ0v) is 7.62. The summed E-state index contributed by atoms with van der Waals surface area (Å²) in [5, 5.41) is 12.7. The van der Waals surface area contributed by atoms with Crippen molar-refractivity contribution in [1.29, 1.82) is 0 Å². The molecule has 0 aromatic heterocycles. The lowest BCUT2D eigenvalue weighted by Crippen LogP contribution is -2.12. The summed E-state index contributed by atoms with van der Waals surface area (Å²) in [6, 6.07) is 0. The Morgan fingerprint density at radius 1 is 1.58 bits per heavy atom. The lowest BCUT2D eigenvalue weighted by Gasteiger charge is -2.01. The first-order chi connectivity index (χ1) is 5.86. The first-order valence-corrected chi connectivity index (χ1v) is 4.69. The highest BCUT2D eigenvalue weighted by Gasteiger charge is 2.18. The first-order valence-electron chi connectivity index (χ1n) is 4.69. The molecule has 1 unspecified atom stereocenters. The molecule has 3 heteroatoms. The van der Waals surface area contributed by atoms with Gasteiger partial charge >= 0.3 is 0 Å². The number of nitrogens with zero attached hydrogens (tertiary/aromatic N) is 1. The third-order valence-electron chi connectivity index (χ3n) is 2.07. The van der Waals surface area contributed by atoms with E-state index in [1.807, 2.05) is 0 Å². The summed E-state index contributed by atoms with van der Waals surface area (Å²) in [6.07, 6.45) is 5.46. The molecular weight excluding hydrogens is 154 g/mol. The van der Waals surface area contributed by atoms with Crippen molar-refractivity contribution in [2.45, 2.75) is 45.1 Å². The van der Waals surface area contributed by atoms with Crippen LogP contribution in [-0.2, 0) is 4.84 Å². The van der Waals surface area contributed by atoms with Crippen LogP contribution >= 0.6 is 0 Å². The van der Waals surface area contributed by atoms with E-state index in [1.165, 1.54) is 19.3 Å². The second kappa shape index (κ2) is 5.14. The average molecular weight is 171 g/mol. The Morgan fingerprint density at radius 2 is 2.42 bits per heavy atom. The summed E-state index contributed by atoms with van der Waals surface area (Å²) in [5.74, 6) is 0. The molecule has 0 radical (unpaired) electrons. The molecule has 1 N–H and O–H groups in total. The van der Waals surface area contributed by atoms with Crippen LogP contribution in [-0.4, -0.2) is 23.5 Å². The van der Waals surface area contributed by atoms with Crippen molar-refractivity contribution >= 4 is 5.71 Å². The molecule has 70 valence electrons. The van der Waals surface area contributed by atoms with Gasteiger partial charge in [0.25, 0.3) is 0 Å². The summed E-state index contributed by atoms with van der Waals surface area (Å²) in [7, 11) is 0. The second-order valence-corrected chi connectivity index (χ2v) is 3.23. The van der Waals surface area contributed by atoms with Gasteiger partial charge in [-0.1, -0.05) is 24.9 Å². The Labute approximate surface area is 73.4 Å². The monoisotopic (exact) mass is 171 g/mol. The molecule has 0 aromatic rings. The van der Waals surface area contributed by atoms with E-state index in [9.17, 15) is 0 Å².